The van der Waals surface area contributed by atoms with Crippen molar-refractivity contribution in [2.24, 2.45) is 0 Å². The van der Waals surface area contributed by atoms with Crippen LogP contribution < -0.4 is 4.74 Å². The van der Waals surface area contributed by atoms with Crippen LogP contribution in [0.2, 0.25) is 0 Å². The van der Waals surface area contributed by atoms with Gasteiger partial charge in [-0.2, -0.15) is 0 Å². The average Bonchev–Trinajstić information content (AvgIpc) is 2.14. The van der Waals surface area contributed by atoms with E-state index in [-0.39, 0.29) is 23.8 Å². The van der Waals surface area contributed by atoms with Crippen molar-refractivity contribution >= 4 is 41.4 Å². The maximum Gasteiger partial charge on any atom is 0.274 e. The van der Waals surface area contributed by atoms with Crippen LogP contribution in [-0.2, 0) is 9.05 Å². The minimum atomic E-state index is -3.63. The number of ether oxygens (including phenoxy) is 1. The fraction of sp³-hybridized carbons (Fsp3) is 0.250. The van der Waals surface area contributed by atoms with E-state index < -0.39 is 14.0 Å². The molecule has 9 heteroatoms. The summed E-state index contributed by atoms with van der Waals surface area (Å²) in [5.41, 5.74) is -0.150. The van der Waals surface area contributed by atoms with Gasteiger partial charge in [0.25, 0.3) is 5.69 Å². The van der Waals surface area contributed by atoms with E-state index in [0.29, 0.717) is 4.47 Å². The van der Waals surface area contributed by atoms with Crippen molar-refractivity contribution in [3.63, 3.8) is 0 Å². The van der Waals surface area contributed by atoms with Gasteiger partial charge in [-0.25, -0.2) is 8.42 Å². The van der Waals surface area contributed by atoms with E-state index in [4.69, 9.17) is 15.4 Å². The highest BCUT2D eigenvalue weighted by Crippen LogP contribution is 2.26. The molecule has 0 bridgehead atoms. The Labute approximate surface area is 110 Å². The molecule has 6 nitrogen and oxygen atoms in total. The molecule has 0 N–H and O–H groups in total. The molecule has 0 saturated heterocycles. The molecule has 0 fully saturated rings. The lowest BCUT2D eigenvalue weighted by Gasteiger charge is -2.05. The minimum absolute atomic E-state index is 0.150. The summed E-state index contributed by atoms with van der Waals surface area (Å²) in [4.78, 5) is 9.98. The van der Waals surface area contributed by atoms with Crippen LogP contribution in [0.15, 0.2) is 22.7 Å². The van der Waals surface area contributed by atoms with E-state index in [0.717, 1.165) is 0 Å². The largest absolute Gasteiger partial charge is 0.492 e. The second-order valence-electron chi connectivity index (χ2n) is 2.99. The molecule has 1 aromatic rings. The summed E-state index contributed by atoms with van der Waals surface area (Å²) in [5.74, 6) is -0.166. The Morgan fingerprint density at radius 3 is 2.59 bits per heavy atom. The number of hydrogen-bond acceptors (Lipinski definition) is 5. The molecule has 0 heterocycles. The second-order valence-corrected chi connectivity index (χ2v) is 6.81. The molecular weight excluding hydrogens is 338 g/mol. The number of halogens is 2. The number of nitro benzene ring substituents is 1. The molecule has 0 aliphatic rings. The maximum absolute atomic E-state index is 10.6. The van der Waals surface area contributed by atoms with Crippen molar-refractivity contribution in [1.82, 2.24) is 0 Å². The molecule has 94 valence electrons. The fourth-order valence-corrected chi connectivity index (χ4v) is 1.93. The first-order valence-electron chi connectivity index (χ1n) is 4.28. The van der Waals surface area contributed by atoms with Gasteiger partial charge in [-0.05, 0) is 6.07 Å². The highest BCUT2D eigenvalue weighted by molar-refractivity contribution is 9.10. The van der Waals surface area contributed by atoms with Crippen molar-refractivity contribution in [2.75, 3.05) is 12.4 Å². The molecule has 0 spiro atoms. The Balaban J connectivity index is 2.75. The van der Waals surface area contributed by atoms with Crippen LogP contribution in [-0.4, -0.2) is 25.7 Å². The van der Waals surface area contributed by atoms with Gasteiger partial charge in [0.15, 0.2) is 0 Å². The van der Waals surface area contributed by atoms with Crippen molar-refractivity contribution < 1.29 is 18.1 Å². The minimum Gasteiger partial charge on any atom is -0.492 e. The summed E-state index contributed by atoms with van der Waals surface area (Å²) in [6.07, 6.45) is 0. The lowest BCUT2D eigenvalue weighted by Crippen LogP contribution is -2.08. The van der Waals surface area contributed by atoms with Gasteiger partial charge in [0, 0.05) is 21.2 Å². The van der Waals surface area contributed by atoms with Gasteiger partial charge in [0.2, 0.25) is 9.05 Å². The number of hydrogen-bond donors (Lipinski definition) is 0. The second kappa shape index (κ2) is 5.65. The highest BCUT2D eigenvalue weighted by atomic mass is 79.9. The van der Waals surface area contributed by atoms with Crippen LogP contribution in [0.4, 0.5) is 5.69 Å². The Bertz CT molecular complexity index is 533. The average molecular weight is 345 g/mol. The van der Waals surface area contributed by atoms with Gasteiger partial charge in [0.05, 0.1) is 16.7 Å². The first kappa shape index (κ1) is 14.2. The van der Waals surface area contributed by atoms with Crippen LogP contribution in [0, 0.1) is 10.1 Å². The third-order valence-corrected chi connectivity index (χ3v) is 3.24. The van der Waals surface area contributed by atoms with E-state index >= 15 is 0 Å². The van der Waals surface area contributed by atoms with E-state index in [1.165, 1.54) is 18.2 Å². The Morgan fingerprint density at radius 1 is 1.41 bits per heavy atom. The SMILES string of the molecule is O=[N+]([O-])c1cc(Br)cc(OCCS(=O)(=O)Cl)c1. The summed E-state index contributed by atoms with van der Waals surface area (Å²) in [6.45, 7) is -0.167. The van der Waals surface area contributed by atoms with Crippen molar-refractivity contribution in [3.05, 3.63) is 32.8 Å². The first-order chi connectivity index (χ1) is 7.78. The van der Waals surface area contributed by atoms with Gasteiger partial charge in [-0.15, -0.1) is 0 Å². The van der Waals surface area contributed by atoms with Gasteiger partial charge < -0.3 is 4.74 Å². The van der Waals surface area contributed by atoms with Crippen LogP contribution in [0.25, 0.3) is 0 Å². The van der Waals surface area contributed by atoms with Crippen molar-refractivity contribution in [1.29, 1.82) is 0 Å². The van der Waals surface area contributed by atoms with Crippen LogP contribution >= 0.6 is 26.6 Å². The van der Waals surface area contributed by atoms with Crippen LogP contribution in [0.3, 0.4) is 0 Å². The quantitative estimate of drug-likeness (QED) is 0.465. The molecule has 0 radical (unpaired) electrons. The van der Waals surface area contributed by atoms with E-state index in [2.05, 4.69) is 15.9 Å². The predicted octanol–water partition coefficient (Wildman–Crippen LogP) is 2.30. The first-order valence-corrected chi connectivity index (χ1v) is 7.55. The topological polar surface area (TPSA) is 86.5 Å². The molecule has 0 unspecified atom stereocenters. The zero-order valence-electron chi connectivity index (χ0n) is 8.30. The van der Waals surface area contributed by atoms with Crippen molar-refractivity contribution in [2.45, 2.75) is 0 Å². The van der Waals surface area contributed by atoms with E-state index in [9.17, 15) is 18.5 Å². The van der Waals surface area contributed by atoms with Crippen LogP contribution in [0.5, 0.6) is 5.75 Å². The number of benzene rings is 1. The smallest absolute Gasteiger partial charge is 0.274 e. The lowest BCUT2D eigenvalue weighted by atomic mass is 10.3. The Hall–Kier alpha value is -0.860. The fourth-order valence-electron chi connectivity index (χ4n) is 0.996. The zero-order chi connectivity index (χ0) is 13.1. The van der Waals surface area contributed by atoms with E-state index in [1.54, 1.807) is 0 Å². The Kier molecular flexibility index (Phi) is 4.72. The summed E-state index contributed by atoms with van der Waals surface area (Å²) in [6, 6.07) is 4.00. The Morgan fingerprint density at radius 2 is 2.06 bits per heavy atom. The summed E-state index contributed by atoms with van der Waals surface area (Å²) in [7, 11) is 1.36. The molecule has 0 aliphatic carbocycles. The molecule has 1 aromatic carbocycles. The third kappa shape index (κ3) is 5.33. The van der Waals surface area contributed by atoms with Gasteiger partial charge in [-0.1, -0.05) is 15.9 Å². The molecular formula is C8H7BrClNO5S. The standard InChI is InChI=1S/C8H7BrClNO5S/c9-6-3-7(11(12)13)5-8(4-6)16-1-2-17(10,14)15/h3-5H,1-2H2. The third-order valence-electron chi connectivity index (χ3n) is 1.66. The lowest BCUT2D eigenvalue weighted by molar-refractivity contribution is -0.385. The molecule has 17 heavy (non-hydrogen) atoms. The molecule has 0 saturated carbocycles. The van der Waals surface area contributed by atoms with E-state index in [1.807, 2.05) is 0 Å². The molecule has 0 atom stereocenters. The van der Waals surface area contributed by atoms with Gasteiger partial charge in [-0.3, -0.25) is 10.1 Å². The number of nitrogens with zero attached hydrogens (tertiary/aromatic N) is 1. The molecule has 0 aliphatic heterocycles. The summed E-state index contributed by atoms with van der Waals surface area (Å²) < 4.78 is 26.8. The molecule has 0 amide bonds. The predicted molar refractivity (Wildman–Crippen MR) is 65.9 cm³/mol. The zero-order valence-corrected chi connectivity index (χ0v) is 11.5. The van der Waals surface area contributed by atoms with Gasteiger partial charge >= 0.3 is 0 Å². The molecule has 1 rings (SSSR count). The summed E-state index contributed by atoms with van der Waals surface area (Å²) in [5, 5.41) is 10.6. The number of rotatable bonds is 5. The van der Waals surface area contributed by atoms with Crippen LogP contribution in [0.1, 0.15) is 0 Å². The van der Waals surface area contributed by atoms with Crippen molar-refractivity contribution in [3.8, 4) is 5.75 Å². The highest BCUT2D eigenvalue weighted by Gasteiger charge is 2.10. The number of nitro groups is 1. The monoisotopic (exact) mass is 343 g/mol. The normalized spacial score (nSPS) is 11.2. The summed E-state index contributed by atoms with van der Waals surface area (Å²) >= 11 is 3.08. The maximum atomic E-state index is 10.6. The van der Waals surface area contributed by atoms with Gasteiger partial charge in [0.1, 0.15) is 12.4 Å². The molecule has 0 aromatic heterocycles. The number of non-ortho nitro benzene ring substituents is 1.